The third kappa shape index (κ3) is 5.14. The Labute approximate surface area is 258 Å². The van der Waals surface area contributed by atoms with Crippen molar-refractivity contribution < 1.29 is 0 Å². The van der Waals surface area contributed by atoms with E-state index in [0.717, 1.165) is 50.2 Å². The van der Waals surface area contributed by atoms with Crippen LogP contribution in [0.25, 0.3) is 66.8 Å². The van der Waals surface area contributed by atoms with E-state index < -0.39 is 0 Å². The van der Waals surface area contributed by atoms with Gasteiger partial charge in [0.25, 0.3) is 0 Å². The molecular weight excluding hydrogens is 532 g/mol. The maximum Gasteiger partial charge on any atom is 0.0320 e. The highest BCUT2D eigenvalue weighted by atomic mass is 14.5. The molecule has 0 unspecified atom stereocenters. The molecule has 0 aliphatic heterocycles. The van der Waals surface area contributed by atoms with Gasteiger partial charge in [-0.1, -0.05) is 140 Å². The van der Waals surface area contributed by atoms with E-state index in [-0.39, 0.29) is 0 Å². The summed E-state index contributed by atoms with van der Waals surface area (Å²) in [6.45, 7) is 0. The Bertz CT molecular complexity index is 1930. The second kappa shape index (κ2) is 11.8. The number of benzene rings is 7. The molecule has 0 aromatic heterocycles. The number of nitrogen functional groups attached to an aromatic ring is 2. The fraction of sp³-hybridized carbons (Fsp3) is 0. The molecule has 7 aromatic rings. The lowest BCUT2D eigenvalue weighted by Crippen LogP contribution is -2.00. The lowest BCUT2D eigenvalue weighted by molar-refractivity contribution is 1.52. The van der Waals surface area contributed by atoms with Gasteiger partial charge in [0.1, 0.15) is 0 Å². The molecule has 0 aliphatic rings. The van der Waals surface area contributed by atoms with Crippen molar-refractivity contribution in [1.82, 2.24) is 0 Å². The smallest absolute Gasteiger partial charge is 0.0320 e. The Morgan fingerprint density at radius 2 is 0.636 bits per heavy atom. The molecule has 0 amide bonds. The lowest BCUT2D eigenvalue weighted by atomic mass is 9.77. The first-order valence-electron chi connectivity index (χ1n) is 14.9. The zero-order valence-electron chi connectivity index (χ0n) is 24.3. The van der Waals surface area contributed by atoms with Gasteiger partial charge < -0.3 is 11.5 Å². The summed E-state index contributed by atoms with van der Waals surface area (Å²) >= 11 is 0. The Morgan fingerprint density at radius 3 is 1.09 bits per heavy atom. The molecule has 0 spiro atoms. The highest BCUT2D eigenvalue weighted by molar-refractivity contribution is 6.09. The standard InChI is InChI=1S/C42H32N2/c43-34-23-21-31(22-24-34)37-27-35(44)25-26-36(37)42-40(32-17-9-3-10-18-32)38(29-13-5-1-6-14-29)28-39(30-15-7-2-8-16-30)41(42)33-19-11-4-12-20-33/h1-28H,43-44H2. The van der Waals surface area contributed by atoms with E-state index in [1.54, 1.807) is 0 Å². The molecule has 7 aromatic carbocycles. The van der Waals surface area contributed by atoms with Crippen LogP contribution in [0, 0.1) is 0 Å². The zero-order chi connectivity index (χ0) is 29.9. The van der Waals surface area contributed by atoms with Crippen LogP contribution >= 0.6 is 0 Å². The van der Waals surface area contributed by atoms with Gasteiger partial charge in [0.2, 0.25) is 0 Å². The van der Waals surface area contributed by atoms with Gasteiger partial charge in [-0.2, -0.15) is 0 Å². The van der Waals surface area contributed by atoms with E-state index in [9.17, 15) is 0 Å². The Hall–Kier alpha value is -5.86. The Morgan fingerprint density at radius 1 is 0.250 bits per heavy atom. The van der Waals surface area contributed by atoms with Gasteiger partial charge in [0.05, 0.1) is 0 Å². The van der Waals surface area contributed by atoms with Crippen molar-refractivity contribution in [2.75, 3.05) is 11.5 Å². The second-order valence-electron chi connectivity index (χ2n) is 11.0. The summed E-state index contributed by atoms with van der Waals surface area (Å²) in [4.78, 5) is 0. The van der Waals surface area contributed by atoms with Gasteiger partial charge in [-0.15, -0.1) is 0 Å². The Kier molecular flexibility index (Phi) is 7.24. The van der Waals surface area contributed by atoms with Crippen LogP contribution in [0.2, 0.25) is 0 Å². The van der Waals surface area contributed by atoms with Gasteiger partial charge >= 0.3 is 0 Å². The summed E-state index contributed by atoms with van der Waals surface area (Å²) in [5, 5.41) is 0. The van der Waals surface area contributed by atoms with E-state index in [1.165, 1.54) is 22.3 Å². The van der Waals surface area contributed by atoms with Crippen LogP contribution in [0.1, 0.15) is 0 Å². The van der Waals surface area contributed by atoms with Crippen LogP contribution in [0.15, 0.2) is 170 Å². The molecule has 0 bridgehead atoms. The van der Waals surface area contributed by atoms with E-state index in [4.69, 9.17) is 11.5 Å². The molecule has 2 nitrogen and oxygen atoms in total. The van der Waals surface area contributed by atoms with Crippen molar-refractivity contribution in [3.63, 3.8) is 0 Å². The molecule has 0 fully saturated rings. The average molecular weight is 565 g/mol. The number of nitrogens with two attached hydrogens (primary N) is 2. The summed E-state index contributed by atoms with van der Waals surface area (Å²) < 4.78 is 0. The minimum absolute atomic E-state index is 0.714. The molecule has 0 aliphatic carbocycles. The van der Waals surface area contributed by atoms with Crippen molar-refractivity contribution in [1.29, 1.82) is 0 Å². The molecule has 0 atom stereocenters. The van der Waals surface area contributed by atoms with E-state index in [2.05, 4.69) is 152 Å². The SMILES string of the molecule is Nc1ccc(-c2cc(N)ccc2-c2c(-c3ccccc3)c(-c3ccccc3)cc(-c3ccccc3)c2-c2ccccc2)cc1. The van der Waals surface area contributed by atoms with Crippen LogP contribution in [0.5, 0.6) is 0 Å². The van der Waals surface area contributed by atoms with Crippen LogP contribution in [0.4, 0.5) is 11.4 Å². The number of rotatable bonds is 6. The minimum Gasteiger partial charge on any atom is -0.399 e. The predicted octanol–water partition coefficient (Wildman–Crippen LogP) is 10.9. The van der Waals surface area contributed by atoms with Crippen molar-refractivity contribution >= 4 is 11.4 Å². The van der Waals surface area contributed by atoms with Gasteiger partial charge in [-0.25, -0.2) is 0 Å². The molecule has 7 rings (SSSR count). The summed E-state index contributed by atoms with van der Waals surface area (Å²) in [7, 11) is 0. The number of hydrogen-bond donors (Lipinski definition) is 2. The maximum atomic E-state index is 6.49. The quantitative estimate of drug-likeness (QED) is 0.197. The molecule has 210 valence electrons. The van der Waals surface area contributed by atoms with Crippen molar-refractivity contribution in [2.45, 2.75) is 0 Å². The van der Waals surface area contributed by atoms with Crippen molar-refractivity contribution in [2.24, 2.45) is 0 Å². The summed E-state index contributed by atoms with van der Waals surface area (Å²) in [5.41, 5.74) is 27.8. The fourth-order valence-corrected chi connectivity index (χ4v) is 6.13. The molecule has 0 saturated carbocycles. The van der Waals surface area contributed by atoms with Gasteiger partial charge in [-0.05, 0) is 97.1 Å². The highest BCUT2D eigenvalue weighted by Crippen LogP contribution is 2.52. The average Bonchev–Trinajstić information content (AvgIpc) is 3.09. The topological polar surface area (TPSA) is 52.0 Å². The first kappa shape index (κ1) is 27.0. The maximum absolute atomic E-state index is 6.49. The predicted molar refractivity (Wildman–Crippen MR) is 188 cm³/mol. The van der Waals surface area contributed by atoms with E-state index >= 15 is 0 Å². The van der Waals surface area contributed by atoms with Crippen molar-refractivity contribution in [3.05, 3.63) is 170 Å². The lowest BCUT2D eigenvalue weighted by Gasteiger charge is -2.26. The monoisotopic (exact) mass is 564 g/mol. The van der Waals surface area contributed by atoms with Crippen LogP contribution in [-0.4, -0.2) is 0 Å². The number of anilines is 2. The van der Waals surface area contributed by atoms with Crippen LogP contribution < -0.4 is 11.5 Å². The van der Waals surface area contributed by atoms with Crippen molar-refractivity contribution in [3.8, 4) is 66.8 Å². The minimum atomic E-state index is 0.714. The molecule has 44 heavy (non-hydrogen) atoms. The third-order valence-corrected chi connectivity index (χ3v) is 8.16. The van der Waals surface area contributed by atoms with Gasteiger partial charge in [-0.3, -0.25) is 0 Å². The summed E-state index contributed by atoms with van der Waals surface area (Å²) in [6.07, 6.45) is 0. The first-order chi connectivity index (χ1) is 21.7. The Balaban J connectivity index is 1.72. The van der Waals surface area contributed by atoms with Gasteiger partial charge in [0.15, 0.2) is 0 Å². The largest absolute Gasteiger partial charge is 0.399 e. The summed E-state index contributed by atoms with van der Waals surface area (Å²) in [6, 6.07) is 59.6. The van der Waals surface area contributed by atoms with Crippen LogP contribution in [0.3, 0.4) is 0 Å². The fourth-order valence-electron chi connectivity index (χ4n) is 6.13. The molecule has 0 heterocycles. The number of hydrogen-bond acceptors (Lipinski definition) is 2. The third-order valence-electron chi connectivity index (χ3n) is 8.16. The molecule has 4 N–H and O–H groups in total. The zero-order valence-corrected chi connectivity index (χ0v) is 24.3. The first-order valence-corrected chi connectivity index (χ1v) is 14.9. The van der Waals surface area contributed by atoms with Crippen LogP contribution in [-0.2, 0) is 0 Å². The molecule has 0 radical (unpaired) electrons. The highest BCUT2D eigenvalue weighted by Gasteiger charge is 2.25. The molecule has 2 heteroatoms. The second-order valence-corrected chi connectivity index (χ2v) is 11.0. The van der Waals surface area contributed by atoms with Gasteiger partial charge in [0, 0.05) is 11.4 Å². The normalized spacial score (nSPS) is 10.9. The summed E-state index contributed by atoms with van der Waals surface area (Å²) in [5.74, 6) is 0. The molecule has 0 saturated heterocycles. The van der Waals surface area contributed by atoms with E-state index in [0.29, 0.717) is 5.69 Å². The molecular formula is C42H32N2. The van der Waals surface area contributed by atoms with E-state index in [1.807, 2.05) is 18.2 Å².